The van der Waals surface area contributed by atoms with Gasteiger partial charge < -0.3 is 0 Å². The SMILES string of the molecule is CCS(=O)(=O)c1cccnc1-c1ccn(CC(F)(F)C(F)(F)C(F)(F)C(F)F)c(=O)n1. The first-order valence-electron chi connectivity index (χ1n) is 8.25. The minimum Gasteiger partial charge on any atom is -0.293 e. The van der Waals surface area contributed by atoms with E-state index in [1.54, 1.807) is 0 Å². The van der Waals surface area contributed by atoms with Gasteiger partial charge in [0.05, 0.1) is 22.9 Å². The fourth-order valence-electron chi connectivity index (χ4n) is 2.36. The largest absolute Gasteiger partial charge is 0.379 e. The fraction of sp³-hybridized carbons (Fsp3) is 0.438. The molecule has 2 heterocycles. The van der Waals surface area contributed by atoms with Crippen LogP contribution in [-0.4, -0.2) is 52.9 Å². The van der Waals surface area contributed by atoms with E-state index in [1.807, 2.05) is 0 Å². The van der Waals surface area contributed by atoms with Crippen molar-refractivity contribution in [1.29, 1.82) is 0 Å². The van der Waals surface area contributed by atoms with Crippen LogP contribution in [0.15, 0.2) is 40.3 Å². The second-order valence-corrected chi connectivity index (χ2v) is 8.43. The van der Waals surface area contributed by atoms with Gasteiger partial charge in [0.2, 0.25) is 0 Å². The lowest BCUT2D eigenvalue weighted by atomic mass is 10.0. The van der Waals surface area contributed by atoms with Gasteiger partial charge in [0, 0.05) is 12.4 Å². The molecule has 0 N–H and O–H groups in total. The molecule has 0 aromatic carbocycles. The third kappa shape index (κ3) is 4.41. The molecular weight excluding hydrogens is 466 g/mol. The highest BCUT2D eigenvalue weighted by molar-refractivity contribution is 7.91. The van der Waals surface area contributed by atoms with Crippen molar-refractivity contribution in [2.45, 2.75) is 42.6 Å². The highest BCUT2D eigenvalue weighted by Gasteiger charge is 2.75. The van der Waals surface area contributed by atoms with E-state index < -0.39 is 52.0 Å². The topological polar surface area (TPSA) is 81.9 Å². The van der Waals surface area contributed by atoms with Crippen LogP contribution in [0.4, 0.5) is 35.1 Å². The van der Waals surface area contributed by atoms with Crippen LogP contribution in [0.5, 0.6) is 0 Å². The second kappa shape index (κ2) is 8.16. The fourth-order valence-corrected chi connectivity index (χ4v) is 3.41. The Bertz CT molecular complexity index is 1120. The summed E-state index contributed by atoms with van der Waals surface area (Å²) >= 11 is 0. The van der Waals surface area contributed by atoms with Crippen molar-refractivity contribution in [3.05, 3.63) is 41.1 Å². The van der Waals surface area contributed by atoms with Crippen molar-refractivity contribution >= 4 is 9.84 Å². The molecule has 172 valence electrons. The first-order valence-corrected chi connectivity index (χ1v) is 9.91. The van der Waals surface area contributed by atoms with Crippen molar-refractivity contribution in [2.75, 3.05) is 5.75 Å². The molecule has 2 aromatic rings. The maximum atomic E-state index is 13.8. The predicted octanol–water partition coefficient (Wildman–Crippen LogP) is 3.27. The lowest BCUT2D eigenvalue weighted by molar-refractivity contribution is -0.341. The van der Waals surface area contributed by atoms with Gasteiger partial charge in [-0.1, -0.05) is 6.92 Å². The highest BCUT2D eigenvalue weighted by Crippen LogP contribution is 2.49. The average molecular weight is 479 g/mol. The van der Waals surface area contributed by atoms with Crippen LogP contribution in [0.1, 0.15) is 6.92 Å². The Morgan fingerprint density at radius 1 is 1.10 bits per heavy atom. The number of alkyl halides is 8. The normalized spacial score (nSPS) is 13.6. The maximum absolute atomic E-state index is 13.8. The van der Waals surface area contributed by atoms with Gasteiger partial charge in [-0.2, -0.15) is 31.3 Å². The van der Waals surface area contributed by atoms with E-state index in [2.05, 4.69) is 9.97 Å². The quantitative estimate of drug-likeness (QED) is 0.543. The standard InChI is InChI=1S/C16H13F8N3O3S/c1-2-31(29,30)10-4-3-6-25-11(10)9-5-7-27(13(28)26-9)8-14(19,20)16(23,24)15(21,22)12(17)18/h3-7,12H,2,8H2,1H3. The van der Waals surface area contributed by atoms with Gasteiger partial charge in [0.15, 0.2) is 9.84 Å². The van der Waals surface area contributed by atoms with Gasteiger partial charge >= 0.3 is 29.9 Å². The molecule has 0 saturated heterocycles. The Hall–Kier alpha value is -2.58. The molecule has 0 amide bonds. The summed E-state index contributed by atoms with van der Waals surface area (Å²) in [4.78, 5) is 18.7. The van der Waals surface area contributed by atoms with Crippen LogP contribution in [0.2, 0.25) is 0 Å². The first kappa shape index (κ1) is 24.7. The van der Waals surface area contributed by atoms with E-state index in [0.29, 0.717) is 6.20 Å². The maximum Gasteiger partial charge on any atom is 0.379 e. The Kier molecular flexibility index (Phi) is 6.50. The van der Waals surface area contributed by atoms with Gasteiger partial charge in [0.25, 0.3) is 0 Å². The molecule has 0 aliphatic carbocycles. The van der Waals surface area contributed by atoms with Crippen molar-refractivity contribution < 1.29 is 43.5 Å². The number of halogens is 8. The molecule has 0 bridgehead atoms. The Labute approximate surface area is 169 Å². The average Bonchev–Trinajstić information content (AvgIpc) is 2.69. The Balaban J connectivity index is 2.47. The van der Waals surface area contributed by atoms with Crippen LogP contribution in [0.25, 0.3) is 11.4 Å². The van der Waals surface area contributed by atoms with Crippen LogP contribution in [-0.2, 0) is 16.4 Å². The highest BCUT2D eigenvalue weighted by atomic mass is 32.2. The van der Waals surface area contributed by atoms with E-state index in [0.717, 1.165) is 18.3 Å². The van der Waals surface area contributed by atoms with Crippen molar-refractivity contribution in [3.8, 4) is 11.4 Å². The molecule has 15 heteroatoms. The Morgan fingerprint density at radius 3 is 2.23 bits per heavy atom. The van der Waals surface area contributed by atoms with Gasteiger partial charge in [-0.05, 0) is 18.2 Å². The molecule has 0 unspecified atom stereocenters. The summed E-state index contributed by atoms with van der Waals surface area (Å²) in [6.45, 7) is -1.08. The van der Waals surface area contributed by atoms with Crippen molar-refractivity contribution in [1.82, 2.24) is 14.5 Å². The number of rotatable bonds is 8. The van der Waals surface area contributed by atoms with E-state index in [9.17, 15) is 48.3 Å². The summed E-state index contributed by atoms with van der Waals surface area (Å²) in [5, 5.41) is 0. The molecule has 0 saturated carbocycles. The van der Waals surface area contributed by atoms with Crippen LogP contribution < -0.4 is 5.69 Å². The number of hydrogen-bond donors (Lipinski definition) is 0. The van der Waals surface area contributed by atoms with Crippen LogP contribution >= 0.6 is 0 Å². The van der Waals surface area contributed by atoms with E-state index in [1.165, 1.54) is 13.0 Å². The Morgan fingerprint density at radius 2 is 1.71 bits per heavy atom. The zero-order valence-electron chi connectivity index (χ0n) is 15.4. The summed E-state index contributed by atoms with van der Waals surface area (Å²) in [5.74, 6) is -19.0. The third-order valence-corrected chi connectivity index (χ3v) is 5.88. The molecule has 0 aliphatic heterocycles. The third-order valence-electron chi connectivity index (χ3n) is 4.12. The summed E-state index contributed by atoms with van der Waals surface area (Å²) in [6.07, 6.45) is -3.50. The number of pyridine rings is 1. The summed E-state index contributed by atoms with van der Waals surface area (Å²) in [7, 11) is -3.86. The summed E-state index contributed by atoms with van der Waals surface area (Å²) in [5.41, 5.74) is -2.42. The van der Waals surface area contributed by atoms with Gasteiger partial charge in [-0.25, -0.2) is 22.0 Å². The number of sulfone groups is 1. The molecule has 6 nitrogen and oxygen atoms in total. The monoisotopic (exact) mass is 479 g/mol. The lowest BCUT2D eigenvalue weighted by Crippen LogP contribution is -2.59. The minimum absolute atomic E-state index is 0.199. The molecule has 0 fully saturated rings. The first-order chi connectivity index (χ1) is 14.1. The molecule has 0 radical (unpaired) electrons. The van der Waals surface area contributed by atoms with Gasteiger partial charge in [0.1, 0.15) is 5.69 Å². The van der Waals surface area contributed by atoms with Crippen LogP contribution in [0, 0.1) is 0 Å². The molecule has 31 heavy (non-hydrogen) atoms. The predicted molar refractivity (Wildman–Crippen MR) is 90.3 cm³/mol. The molecular formula is C16H13F8N3O3S. The summed E-state index contributed by atoms with van der Waals surface area (Å²) in [6, 6.07) is 3.16. The number of nitrogens with zero attached hydrogens (tertiary/aromatic N) is 3. The van der Waals surface area contributed by atoms with Crippen molar-refractivity contribution in [2.24, 2.45) is 0 Å². The van der Waals surface area contributed by atoms with E-state index in [-0.39, 0.29) is 20.9 Å². The molecule has 0 atom stereocenters. The molecule has 0 spiro atoms. The summed E-state index contributed by atoms with van der Waals surface area (Å²) < 4.78 is 129. The van der Waals surface area contributed by atoms with Gasteiger partial charge in [-0.15, -0.1) is 0 Å². The van der Waals surface area contributed by atoms with Gasteiger partial charge in [-0.3, -0.25) is 9.55 Å². The zero-order chi connectivity index (χ0) is 23.8. The zero-order valence-corrected chi connectivity index (χ0v) is 16.2. The smallest absolute Gasteiger partial charge is 0.293 e. The number of hydrogen-bond acceptors (Lipinski definition) is 5. The number of aromatic nitrogens is 3. The van der Waals surface area contributed by atoms with Crippen LogP contribution in [0.3, 0.4) is 0 Å². The molecule has 2 rings (SSSR count). The van der Waals surface area contributed by atoms with E-state index >= 15 is 0 Å². The van der Waals surface area contributed by atoms with Crippen molar-refractivity contribution in [3.63, 3.8) is 0 Å². The molecule has 2 aromatic heterocycles. The second-order valence-electron chi connectivity index (χ2n) is 6.18. The lowest BCUT2D eigenvalue weighted by Gasteiger charge is -2.32. The molecule has 0 aliphatic rings. The minimum atomic E-state index is -6.49. The van der Waals surface area contributed by atoms with E-state index in [4.69, 9.17) is 0 Å².